The van der Waals surface area contributed by atoms with Crippen LogP contribution in [0.2, 0.25) is 0 Å². The summed E-state index contributed by atoms with van der Waals surface area (Å²) in [6.45, 7) is 6.09. The number of aryl methyl sites for hydroxylation is 2. The fraction of sp³-hybridized carbons (Fsp3) is 0.200. The van der Waals surface area contributed by atoms with Crippen molar-refractivity contribution in [3.63, 3.8) is 0 Å². The number of hydrogen-bond donors (Lipinski definition) is 2. The Morgan fingerprint density at radius 2 is 1.88 bits per heavy atom. The summed E-state index contributed by atoms with van der Waals surface area (Å²) in [6, 6.07) is 16.0. The number of aromatic nitrogens is 1. The average molecular weight is 351 g/mol. The second-order valence-electron chi connectivity index (χ2n) is 6.09. The molecule has 4 nitrogen and oxygen atoms in total. The van der Waals surface area contributed by atoms with Gasteiger partial charge in [0.05, 0.1) is 6.04 Å². The smallest absolute Gasteiger partial charge is 0.271 e. The monoisotopic (exact) mass is 351 g/mol. The van der Waals surface area contributed by atoms with Crippen molar-refractivity contribution in [2.75, 3.05) is 5.32 Å². The molecule has 1 heterocycles. The molecule has 1 atom stereocenters. The van der Waals surface area contributed by atoms with E-state index in [1.54, 1.807) is 5.38 Å². The normalized spacial score (nSPS) is 11.8. The van der Waals surface area contributed by atoms with E-state index in [9.17, 15) is 4.79 Å². The van der Waals surface area contributed by atoms with Gasteiger partial charge in [0.1, 0.15) is 5.69 Å². The van der Waals surface area contributed by atoms with Gasteiger partial charge in [-0.05, 0) is 38.0 Å². The van der Waals surface area contributed by atoms with Crippen LogP contribution in [-0.4, -0.2) is 10.9 Å². The van der Waals surface area contributed by atoms with Crippen molar-refractivity contribution in [3.8, 4) is 0 Å². The lowest BCUT2D eigenvalue weighted by Crippen LogP contribution is -2.26. The standard InChI is InChI=1S/C20H21N3OS/c1-13-9-10-17(14(2)11-13)22-20-23-18(12-25-20)19(24)21-15(3)16-7-5-4-6-8-16/h4-12,15H,1-3H3,(H,21,24)(H,22,23)/t15-/m0/s1. The van der Waals surface area contributed by atoms with Crippen LogP contribution in [0.4, 0.5) is 10.8 Å². The first-order chi connectivity index (χ1) is 12.0. The summed E-state index contributed by atoms with van der Waals surface area (Å²) < 4.78 is 0. The summed E-state index contributed by atoms with van der Waals surface area (Å²) >= 11 is 1.43. The summed E-state index contributed by atoms with van der Waals surface area (Å²) in [7, 11) is 0. The Labute approximate surface area is 151 Å². The topological polar surface area (TPSA) is 54.0 Å². The molecule has 0 fully saturated rings. The summed E-state index contributed by atoms with van der Waals surface area (Å²) in [5, 5.41) is 8.76. The van der Waals surface area contributed by atoms with Crippen LogP contribution < -0.4 is 10.6 Å². The van der Waals surface area contributed by atoms with E-state index in [1.165, 1.54) is 16.9 Å². The second-order valence-corrected chi connectivity index (χ2v) is 6.95. The maximum absolute atomic E-state index is 12.4. The average Bonchev–Trinajstić information content (AvgIpc) is 3.07. The lowest BCUT2D eigenvalue weighted by atomic mass is 10.1. The predicted molar refractivity (Wildman–Crippen MR) is 104 cm³/mol. The number of carbonyl (C=O) groups is 1. The Morgan fingerprint density at radius 3 is 2.60 bits per heavy atom. The fourth-order valence-corrected chi connectivity index (χ4v) is 3.30. The third-order valence-electron chi connectivity index (χ3n) is 4.01. The number of rotatable bonds is 5. The Kier molecular flexibility index (Phi) is 5.14. The molecular weight excluding hydrogens is 330 g/mol. The third kappa shape index (κ3) is 4.25. The summed E-state index contributed by atoms with van der Waals surface area (Å²) in [6.07, 6.45) is 0. The van der Waals surface area contributed by atoms with Crippen molar-refractivity contribution in [3.05, 3.63) is 76.3 Å². The van der Waals surface area contributed by atoms with Gasteiger partial charge in [-0.1, -0.05) is 48.0 Å². The molecule has 2 aromatic carbocycles. The van der Waals surface area contributed by atoms with Gasteiger partial charge >= 0.3 is 0 Å². The number of nitrogens with zero attached hydrogens (tertiary/aromatic N) is 1. The Morgan fingerprint density at radius 1 is 1.12 bits per heavy atom. The number of carbonyl (C=O) groups excluding carboxylic acids is 1. The highest BCUT2D eigenvalue weighted by Gasteiger charge is 2.14. The molecule has 0 saturated carbocycles. The van der Waals surface area contributed by atoms with Gasteiger partial charge in [-0.2, -0.15) is 0 Å². The molecule has 0 spiro atoms. The van der Waals surface area contributed by atoms with Crippen molar-refractivity contribution >= 4 is 28.1 Å². The first-order valence-corrected chi connectivity index (χ1v) is 9.06. The molecular formula is C20H21N3OS. The van der Waals surface area contributed by atoms with Crippen molar-refractivity contribution in [2.45, 2.75) is 26.8 Å². The number of amides is 1. The zero-order valence-corrected chi connectivity index (χ0v) is 15.4. The van der Waals surface area contributed by atoms with Crippen LogP contribution in [0.3, 0.4) is 0 Å². The second kappa shape index (κ2) is 7.49. The van der Waals surface area contributed by atoms with E-state index < -0.39 is 0 Å². The summed E-state index contributed by atoms with van der Waals surface area (Å²) in [5.41, 5.74) is 4.88. The van der Waals surface area contributed by atoms with Crippen LogP contribution in [0.5, 0.6) is 0 Å². The van der Waals surface area contributed by atoms with Gasteiger partial charge in [0.25, 0.3) is 5.91 Å². The number of hydrogen-bond acceptors (Lipinski definition) is 4. The molecule has 0 bridgehead atoms. The third-order valence-corrected chi connectivity index (χ3v) is 4.77. The molecule has 3 aromatic rings. The van der Waals surface area contributed by atoms with Crippen LogP contribution in [-0.2, 0) is 0 Å². The lowest BCUT2D eigenvalue weighted by molar-refractivity contribution is 0.0935. The van der Waals surface area contributed by atoms with E-state index in [1.807, 2.05) is 43.3 Å². The molecule has 1 aromatic heterocycles. The van der Waals surface area contributed by atoms with Gasteiger partial charge in [0.15, 0.2) is 5.13 Å². The Bertz CT molecular complexity index is 874. The maximum Gasteiger partial charge on any atom is 0.271 e. The van der Waals surface area contributed by atoms with Crippen molar-refractivity contribution < 1.29 is 4.79 Å². The molecule has 0 radical (unpaired) electrons. The highest BCUT2D eigenvalue weighted by Crippen LogP contribution is 2.24. The Balaban J connectivity index is 1.67. The molecule has 128 valence electrons. The molecule has 5 heteroatoms. The van der Waals surface area contributed by atoms with Gasteiger partial charge < -0.3 is 10.6 Å². The number of benzene rings is 2. The highest BCUT2D eigenvalue weighted by molar-refractivity contribution is 7.14. The van der Waals surface area contributed by atoms with Crippen molar-refractivity contribution in [1.82, 2.24) is 10.3 Å². The predicted octanol–water partition coefficient (Wildman–Crippen LogP) is 4.99. The summed E-state index contributed by atoms with van der Waals surface area (Å²) in [5.74, 6) is -0.165. The number of anilines is 2. The first kappa shape index (κ1) is 17.2. The van der Waals surface area contributed by atoms with E-state index in [0.717, 1.165) is 16.8 Å². The fourth-order valence-electron chi connectivity index (χ4n) is 2.60. The quantitative estimate of drug-likeness (QED) is 0.680. The summed E-state index contributed by atoms with van der Waals surface area (Å²) in [4.78, 5) is 16.8. The zero-order valence-electron chi connectivity index (χ0n) is 14.5. The Hall–Kier alpha value is -2.66. The van der Waals surface area contributed by atoms with E-state index >= 15 is 0 Å². The molecule has 0 aliphatic rings. The minimum Gasteiger partial charge on any atom is -0.344 e. The zero-order chi connectivity index (χ0) is 17.8. The van der Waals surface area contributed by atoms with Crippen LogP contribution in [0.15, 0.2) is 53.9 Å². The van der Waals surface area contributed by atoms with Gasteiger partial charge in [0, 0.05) is 11.1 Å². The van der Waals surface area contributed by atoms with Crippen molar-refractivity contribution in [1.29, 1.82) is 0 Å². The molecule has 2 N–H and O–H groups in total. The lowest BCUT2D eigenvalue weighted by Gasteiger charge is -2.13. The number of thiazole rings is 1. The molecule has 0 saturated heterocycles. The van der Waals surface area contributed by atoms with Crippen molar-refractivity contribution in [2.24, 2.45) is 0 Å². The van der Waals surface area contributed by atoms with Gasteiger partial charge in [0.2, 0.25) is 0 Å². The molecule has 1 amide bonds. The van der Waals surface area contributed by atoms with E-state index in [2.05, 4.69) is 41.6 Å². The van der Waals surface area contributed by atoms with Crippen LogP contribution in [0.25, 0.3) is 0 Å². The molecule has 0 aliphatic carbocycles. The van der Waals surface area contributed by atoms with Crippen LogP contribution in [0.1, 0.15) is 40.1 Å². The van der Waals surface area contributed by atoms with Gasteiger partial charge in [-0.3, -0.25) is 4.79 Å². The molecule has 0 aliphatic heterocycles. The minimum atomic E-state index is -0.165. The number of nitrogens with one attached hydrogen (secondary N) is 2. The first-order valence-electron chi connectivity index (χ1n) is 8.18. The maximum atomic E-state index is 12.4. The highest BCUT2D eigenvalue weighted by atomic mass is 32.1. The van der Waals surface area contributed by atoms with E-state index in [-0.39, 0.29) is 11.9 Å². The van der Waals surface area contributed by atoms with E-state index in [0.29, 0.717) is 10.8 Å². The van der Waals surface area contributed by atoms with Crippen LogP contribution >= 0.6 is 11.3 Å². The molecule has 0 unspecified atom stereocenters. The largest absolute Gasteiger partial charge is 0.344 e. The molecule has 3 rings (SSSR count). The van der Waals surface area contributed by atoms with E-state index in [4.69, 9.17) is 0 Å². The van der Waals surface area contributed by atoms with Gasteiger partial charge in [-0.25, -0.2) is 4.98 Å². The van der Waals surface area contributed by atoms with Gasteiger partial charge in [-0.15, -0.1) is 11.3 Å². The molecule has 25 heavy (non-hydrogen) atoms. The van der Waals surface area contributed by atoms with Crippen LogP contribution in [0, 0.1) is 13.8 Å². The minimum absolute atomic E-state index is 0.0637. The SMILES string of the molecule is Cc1ccc(Nc2nc(C(=O)N[C@@H](C)c3ccccc3)cs2)c(C)c1.